The summed E-state index contributed by atoms with van der Waals surface area (Å²) in [6.45, 7) is 4.41. The van der Waals surface area contributed by atoms with Crippen LogP contribution in [0.5, 0.6) is 0 Å². The van der Waals surface area contributed by atoms with Crippen molar-refractivity contribution < 1.29 is 9.53 Å². The highest BCUT2D eigenvalue weighted by Crippen LogP contribution is 2.23. The Morgan fingerprint density at radius 3 is 2.73 bits per heavy atom. The zero-order valence-corrected chi connectivity index (χ0v) is 15.5. The van der Waals surface area contributed by atoms with Crippen LogP contribution in [0, 0.1) is 0 Å². The van der Waals surface area contributed by atoms with E-state index in [0.717, 1.165) is 29.8 Å². The first-order chi connectivity index (χ1) is 12.5. The van der Waals surface area contributed by atoms with Crippen LogP contribution >= 0.6 is 0 Å². The third kappa shape index (κ3) is 4.41. The molecule has 1 fully saturated rings. The van der Waals surface area contributed by atoms with Crippen molar-refractivity contribution in [2.24, 2.45) is 5.73 Å². The number of amides is 1. The fourth-order valence-corrected chi connectivity index (χ4v) is 3.42. The van der Waals surface area contributed by atoms with Gasteiger partial charge >= 0.3 is 6.09 Å². The smallest absolute Gasteiger partial charge is 0.410 e. The molecule has 5 nitrogen and oxygen atoms in total. The van der Waals surface area contributed by atoms with Crippen LogP contribution in [0.25, 0.3) is 11.3 Å². The number of piperidine rings is 1. The molecule has 5 heteroatoms. The van der Waals surface area contributed by atoms with E-state index in [1.165, 1.54) is 0 Å². The van der Waals surface area contributed by atoms with E-state index >= 15 is 0 Å². The minimum absolute atomic E-state index is 0.0642. The van der Waals surface area contributed by atoms with Gasteiger partial charge in [0.1, 0.15) is 0 Å². The lowest BCUT2D eigenvalue weighted by molar-refractivity contribution is 0.0477. The van der Waals surface area contributed by atoms with E-state index in [4.69, 9.17) is 15.5 Å². The lowest BCUT2D eigenvalue weighted by Crippen LogP contribution is -2.55. The Morgan fingerprint density at radius 1 is 1.23 bits per heavy atom. The van der Waals surface area contributed by atoms with Crippen LogP contribution in [0.2, 0.25) is 0 Å². The van der Waals surface area contributed by atoms with Crippen molar-refractivity contribution >= 4 is 6.09 Å². The van der Waals surface area contributed by atoms with Crippen molar-refractivity contribution in [2.75, 3.05) is 6.54 Å². The SMILES string of the molecule is CC(C)OC(=O)N1CCCC(N)C1Cc1cccc(-c2ccccc2)n1. The van der Waals surface area contributed by atoms with Crippen molar-refractivity contribution in [3.05, 3.63) is 54.2 Å². The molecule has 2 N–H and O–H groups in total. The largest absolute Gasteiger partial charge is 0.447 e. The maximum Gasteiger partial charge on any atom is 0.410 e. The Kier molecular flexibility index (Phi) is 5.89. The van der Waals surface area contributed by atoms with Crippen LogP contribution in [0.1, 0.15) is 32.4 Å². The molecule has 138 valence electrons. The topological polar surface area (TPSA) is 68.5 Å². The van der Waals surface area contributed by atoms with E-state index in [1.54, 1.807) is 4.90 Å². The maximum absolute atomic E-state index is 12.5. The van der Waals surface area contributed by atoms with E-state index in [-0.39, 0.29) is 24.3 Å². The monoisotopic (exact) mass is 353 g/mol. The van der Waals surface area contributed by atoms with Crippen molar-refractivity contribution in [3.63, 3.8) is 0 Å². The maximum atomic E-state index is 12.5. The van der Waals surface area contributed by atoms with Crippen molar-refractivity contribution in [1.82, 2.24) is 9.88 Å². The summed E-state index contributed by atoms with van der Waals surface area (Å²) >= 11 is 0. The highest BCUT2D eigenvalue weighted by atomic mass is 16.6. The second-order valence-corrected chi connectivity index (χ2v) is 7.08. The van der Waals surface area contributed by atoms with Crippen molar-refractivity contribution in [1.29, 1.82) is 0 Å². The summed E-state index contributed by atoms with van der Waals surface area (Å²) in [6.07, 6.45) is 2.03. The first kappa shape index (κ1) is 18.4. The summed E-state index contributed by atoms with van der Waals surface area (Å²) in [5.41, 5.74) is 9.31. The van der Waals surface area contributed by atoms with Crippen molar-refractivity contribution in [2.45, 2.75) is 51.3 Å². The number of nitrogens with two attached hydrogens (primary N) is 1. The van der Waals surface area contributed by atoms with Crippen LogP contribution in [-0.2, 0) is 11.2 Å². The lowest BCUT2D eigenvalue weighted by atomic mass is 9.93. The molecule has 2 aromatic rings. The third-order valence-electron chi connectivity index (χ3n) is 4.70. The molecule has 2 unspecified atom stereocenters. The molecule has 0 spiro atoms. The molecule has 1 aromatic heterocycles. The van der Waals surface area contributed by atoms with Gasteiger partial charge in [0.25, 0.3) is 0 Å². The number of pyridine rings is 1. The summed E-state index contributed by atoms with van der Waals surface area (Å²) in [6, 6.07) is 16.0. The van der Waals surface area contributed by atoms with E-state index < -0.39 is 0 Å². The van der Waals surface area contributed by atoms with E-state index in [1.807, 2.05) is 62.4 Å². The van der Waals surface area contributed by atoms with Gasteiger partial charge in [-0.25, -0.2) is 4.79 Å². The Balaban J connectivity index is 1.80. The van der Waals surface area contributed by atoms with Gasteiger partial charge in [0.05, 0.1) is 17.8 Å². The van der Waals surface area contributed by atoms with Crippen LogP contribution < -0.4 is 5.73 Å². The second-order valence-electron chi connectivity index (χ2n) is 7.08. The molecule has 0 aliphatic carbocycles. The summed E-state index contributed by atoms with van der Waals surface area (Å²) in [4.78, 5) is 19.0. The van der Waals surface area contributed by atoms with Gasteiger partial charge in [-0.05, 0) is 38.8 Å². The normalized spacial score (nSPS) is 20.2. The van der Waals surface area contributed by atoms with Gasteiger partial charge in [-0.2, -0.15) is 0 Å². The molecule has 1 aromatic carbocycles. The summed E-state index contributed by atoms with van der Waals surface area (Å²) in [5.74, 6) is 0. The zero-order chi connectivity index (χ0) is 18.5. The standard InChI is InChI=1S/C21H27N3O2/c1-15(2)26-21(25)24-13-7-11-18(22)20(24)14-17-10-6-12-19(23-17)16-8-4-3-5-9-16/h3-6,8-10,12,15,18,20H,7,11,13-14,22H2,1-2H3. The number of carbonyl (C=O) groups is 1. The average Bonchev–Trinajstić information content (AvgIpc) is 2.64. The fraction of sp³-hybridized carbons (Fsp3) is 0.429. The van der Waals surface area contributed by atoms with Gasteiger partial charge in [0, 0.05) is 30.3 Å². The molecule has 1 saturated heterocycles. The van der Waals surface area contributed by atoms with Crippen LogP contribution in [0.4, 0.5) is 4.79 Å². The van der Waals surface area contributed by atoms with E-state index in [0.29, 0.717) is 13.0 Å². The molecule has 0 radical (unpaired) electrons. The quantitative estimate of drug-likeness (QED) is 0.911. The summed E-state index contributed by atoms with van der Waals surface area (Å²) < 4.78 is 5.41. The number of likely N-dealkylation sites (tertiary alicyclic amines) is 1. The molecular formula is C21H27N3O2. The Labute approximate surface area is 155 Å². The predicted octanol–water partition coefficient (Wildman–Crippen LogP) is 3.63. The lowest BCUT2D eigenvalue weighted by Gasteiger charge is -2.39. The van der Waals surface area contributed by atoms with Crippen LogP contribution in [0.3, 0.4) is 0 Å². The third-order valence-corrected chi connectivity index (χ3v) is 4.70. The number of carbonyl (C=O) groups excluding carboxylic acids is 1. The molecule has 26 heavy (non-hydrogen) atoms. The zero-order valence-electron chi connectivity index (χ0n) is 15.5. The van der Waals surface area contributed by atoms with Gasteiger partial charge in [-0.3, -0.25) is 4.98 Å². The molecule has 1 aliphatic heterocycles. The van der Waals surface area contributed by atoms with Crippen LogP contribution in [-0.4, -0.2) is 40.7 Å². The second kappa shape index (κ2) is 8.32. The number of nitrogens with zero attached hydrogens (tertiary/aromatic N) is 2. The molecule has 2 atom stereocenters. The van der Waals surface area contributed by atoms with Gasteiger partial charge in [0.2, 0.25) is 0 Å². The van der Waals surface area contributed by atoms with Gasteiger partial charge in [0.15, 0.2) is 0 Å². The molecular weight excluding hydrogens is 326 g/mol. The van der Waals surface area contributed by atoms with Gasteiger partial charge in [-0.15, -0.1) is 0 Å². The number of hydrogen-bond donors (Lipinski definition) is 1. The number of rotatable bonds is 4. The molecule has 0 saturated carbocycles. The van der Waals surface area contributed by atoms with Gasteiger partial charge in [-0.1, -0.05) is 36.4 Å². The Hall–Kier alpha value is -2.40. The Morgan fingerprint density at radius 2 is 2.00 bits per heavy atom. The van der Waals surface area contributed by atoms with Crippen molar-refractivity contribution in [3.8, 4) is 11.3 Å². The first-order valence-corrected chi connectivity index (χ1v) is 9.29. The summed E-state index contributed by atoms with van der Waals surface area (Å²) in [5, 5.41) is 0. The molecule has 1 aliphatic rings. The van der Waals surface area contributed by atoms with E-state index in [2.05, 4.69) is 0 Å². The Bertz CT molecular complexity index is 733. The average molecular weight is 353 g/mol. The molecule has 0 bridgehead atoms. The first-order valence-electron chi connectivity index (χ1n) is 9.29. The number of aromatic nitrogens is 1. The predicted molar refractivity (Wildman–Crippen MR) is 103 cm³/mol. The number of ether oxygens (including phenoxy) is 1. The molecule has 1 amide bonds. The highest BCUT2D eigenvalue weighted by Gasteiger charge is 2.34. The van der Waals surface area contributed by atoms with Crippen LogP contribution in [0.15, 0.2) is 48.5 Å². The number of hydrogen-bond acceptors (Lipinski definition) is 4. The summed E-state index contributed by atoms with van der Waals surface area (Å²) in [7, 11) is 0. The number of benzene rings is 1. The van der Waals surface area contributed by atoms with E-state index in [9.17, 15) is 4.79 Å². The molecule has 2 heterocycles. The van der Waals surface area contributed by atoms with Gasteiger partial charge < -0.3 is 15.4 Å². The fourth-order valence-electron chi connectivity index (χ4n) is 3.42. The highest BCUT2D eigenvalue weighted by molar-refractivity contribution is 5.68. The minimum atomic E-state index is -0.278. The minimum Gasteiger partial charge on any atom is -0.447 e. The molecule has 3 rings (SSSR count).